The number of benzene rings is 1. The molecule has 3 aromatic rings. The standard InChI is InChI=1S/C26H24N4O6S2/c1-35-17-6-4-16(5-7-17)30-23(32)20-19(15-3-2-8-27-13-15)22-25(37-21(20)24(30)33)29(26(34)38-22)14-18(31)28-9-11-36-12-10-28/h2-8,13,19-21H,9-12,14H2,1H3/t19-,20-,21+/m0/s1. The Morgan fingerprint density at radius 3 is 2.55 bits per heavy atom. The van der Waals surface area contributed by atoms with Gasteiger partial charge < -0.3 is 14.4 Å². The normalized spacial score (nSPS) is 22.8. The number of hydrogen-bond acceptors (Lipinski definition) is 9. The minimum absolute atomic E-state index is 0.126. The molecule has 3 aliphatic rings. The molecule has 1 aromatic carbocycles. The maximum Gasteiger partial charge on any atom is 0.308 e. The Morgan fingerprint density at radius 1 is 1.11 bits per heavy atom. The molecular weight excluding hydrogens is 528 g/mol. The first kappa shape index (κ1) is 24.8. The van der Waals surface area contributed by atoms with Gasteiger partial charge in [-0.1, -0.05) is 29.2 Å². The molecule has 2 fully saturated rings. The van der Waals surface area contributed by atoms with Crippen LogP contribution in [0.4, 0.5) is 5.69 Å². The molecule has 2 saturated heterocycles. The number of morpholine rings is 1. The van der Waals surface area contributed by atoms with Crippen molar-refractivity contribution in [3.8, 4) is 5.75 Å². The molecule has 0 saturated carbocycles. The highest BCUT2D eigenvalue weighted by Crippen LogP contribution is 2.53. The van der Waals surface area contributed by atoms with Crippen molar-refractivity contribution in [1.29, 1.82) is 0 Å². The Bertz CT molecular complexity index is 1450. The van der Waals surface area contributed by atoms with Gasteiger partial charge in [0.25, 0.3) is 0 Å². The van der Waals surface area contributed by atoms with Crippen LogP contribution in [-0.2, 0) is 25.7 Å². The number of imide groups is 1. The summed E-state index contributed by atoms with van der Waals surface area (Å²) in [6, 6.07) is 10.4. The van der Waals surface area contributed by atoms with Crippen LogP contribution in [0, 0.1) is 5.92 Å². The number of amides is 3. The molecule has 0 unspecified atom stereocenters. The molecule has 3 amide bonds. The van der Waals surface area contributed by atoms with E-state index in [2.05, 4.69) is 4.98 Å². The van der Waals surface area contributed by atoms with Gasteiger partial charge in [0.15, 0.2) is 0 Å². The lowest BCUT2D eigenvalue weighted by Crippen LogP contribution is -2.43. The second kappa shape index (κ2) is 10.0. The second-order valence-electron chi connectivity index (χ2n) is 9.15. The predicted molar refractivity (Wildman–Crippen MR) is 141 cm³/mol. The molecule has 0 radical (unpaired) electrons. The molecule has 5 heterocycles. The molecule has 2 aromatic heterocycles. The van der Waals surface area contributed by atoms with Crippen LogP contribution >= 0.6 is 23.1 Å². The van der Waals surface area contributed by atoms with Crippen LogP contribution in [-0.4, -0.2) is 70.8 Å². The zero-order valence-electron chi connectivity index (χ0n) is 20.4. The highest BCUT2D eigenvalue weighted by molar-refractivity contribution is 8.00. The fourth-order valence-corrected chi connectivity index (χ4v) is 7.98. The van der Waals surface area contributed by atoms with Gasteiger partial charge in [0.2, 0.25) is 17.7 Å². The van der Waals surface area contributed by atoms with E-state index >= 15 is 0 Å². The van der Waals surface area contributed by atoms with Crippen LogP contribution in [0.5, 0.6) is 5.75 Å². The monoisotopic (exact) mass is 552 g/mol. The maximum atomic E-state index is 13.9. The number of carbonyl (C=O) groups is 3. The number of fused-ring (bicyclic) bond motifs is 2. The zero-order valence-corrected chi connectivity index (χ0v) is 22.1. The number of ether oxygens (including phenoxy) is 2. The number of aromatic nitrogens is 2. The van der Waals surface area contributed by atoms with E-state index in [0.717, 1.165) is 16.9 Å². The summed E-state index contributed by atoms with van der Waals surface area (Å²) in [5.74, 6) is -1.49. The van der Waals surface area contributed by atoms with Crippen molar-refractivity contribution < 1.29 is 23.9 Å². The van der Waals surface area contributed by atoms with E-state index in [1.807, 2.05) is 6.07 Å². The molecule has 0 bridgehead atoms. The van der Waals surface area contributed by atoms with Gasteiger partial charge >= 0.3 is 4.87 Å². The summed E-state index contributed by atoms with van der Waals surface area (Å²) in [6.07, 6.45) is 3.31. The summed E-state index contributed by atoms with van der Waals surface area (Å²) in [4.78, 5) is 61.4. The fourth-order valence-electron chi connectivity index (χ4n) is 5.21. The minimum Gasteiger partial charge on any atom is -0.497 e. The molecule has 3 atom stereocenters. The number of hydrogen-bond donors (Lipinski definition) is 0. The average molecular weight is 553 g/mol. The van der Waals surface area contributed by atoms with Crippen LogP contribution in [0.15, 0.2) is 58.6 Å². The maximum absolute atomic E-state index is 13.9. The lowest BCUT2D eigenvalue weighted by Gasteiger charge is -2.31. The molecule has 196 valence electrons. The second-order valence-corrected chi connectivity index (χ2v) is 11.3. The van der Waals surface area contributed by atoms with Gasteiger partial charge in [-0.3, -0.25) is 28.7 Å². The van der Waals surface area contributed by atoms with Crippen molar-refractivity contribution in [3.63, 3.8) is 0 Å². The lowest BCUT2D eigenvalue weighted by molar-refractivity contribution is -0.136. The number of carbonyl (C=O) groups excluding carboxylic acids is 3. The van der Waals surface area contributed by atoms with Gasteiger partial charge in [-0.25, -0.2) is 4.90 Å². The first-order chi connectivity index (χ1) is 18.5. The van der Waals surface area contributed by atoms with Gasteiger partial charge in [-0.2, -0.15) is 0 Å². The van der Waals surface area contributed by atoms with Crippen molar-refractivity contribution in [2.75, 3.05) is 38.3 Å². The van der Waals surface area contributed by atoms with Crippen LogP contribution < -0.4 is 14.5 Å². The number of thiazole rings is 1. The number of rotatable bonds is 5. The first-order valence-corrected chi connectivity index (χ1v) is 13.8. The number of anilines is 1. The quantitative estimate of drug-likeness (QED) is 0.442. The number of methoxy groups -OCH3 is 1. The van der Waals surface area contributed by atoms with E-state index in [-0.39, 0.29) is 29.1 Å². The SMILES string of the molecule is COc1ccc(N2C(=O)[C@H]3[C@H](c4cccnc4)c4sc(=O)n(CC(=O)N5CCOCC5)c4S[C@H]3C2=O)cc1. The molecule has 3 aliphatic heterocycles. The topological polar surface area (TPSA) is 111 Å². The van der Waals surface area contributed by atoms with Gasteiger partial charge in [-0.15, -0.1) is 0 Å². The highest BCUT2D eigenvalue weighted by atomic mass is 32.2. The van der Waals surface area contributed by atoms with E-state index in [4.69, 9.17) is 9.47 Å². The van der Waals surface area contributed by atoms with Crippen LogP contribution in [0.2, 0.25) is 0 Å². The summed E-state index contributed by atoms with van der Waals surface area (Å²) in [7, 11) is 1.55. The lowest BCUT2D eigenvalue weighted by atomic mass is 9.84. The van der Waals surface area contributed by atoms with Crippen molar-refractivity contribution >= 4 is 46.5 Å². The van der Waals surface area contributed by atoms with Crippen molar-refractivity contribution in [2.24, 2.45) is 5.92 Å². The smallest absolute Gasteiger partial charge is 0.308 e. The van der Waals surface area contributed by atoms with Gasteiger partial charge in [0.05, 0.1) is 37.0 Å². The van der Waals surface area contributed by atoms with E-state index in [1.165, 1.54) is 21.2 Å². The Kier molecular flexibility index (Phi) is 6.54. The molecule has 10 nitrogen and oxygen atoms in total. The summed E-state index contributed by atoms with van der Waals surface area (Å²) in [5.41, 5.74) is 1.21. The molecule has 0 N–H and O–H groups in total. The Balaban J connectivity index is 1.41. The zero-order chi connectivity index (χ0) is 26.4. The molecule has 38 heavy (non-hydrogen) atoms. The molecule has 12 heteroatoms. The minimum atomic E-state index is -0.749. The van der Waals surface area contributed by atoms with Crippen LogP contribution in [0.3, 0.4) is 0 Å². The number of thioether (sulfide) groups is 1. The third kappa shape index (κ3) is 4.12. The van der Waals surface area contributed by atoms with Crippen LogP contribution in [0.25, 0.3) is 0 Å². The van der Waals surface area contributed by atoms with Crippen molar-refractivity contribution in [1.82, 2.24) is 14.5 Å². The third-order valence-corrected chi connectivity index (χ3v) is 9.68. The van der Waals surface area contributed by atoms with E-state index in [9.17, 15) is 19.2 Å². The third-order valence-electron chi connectivity index (χ3n) is 7.08. The van der Waals surface area contributed by atoms with Crippen LogP contribution in [0.1, 0.15) is 16.4 Å². The average Bonchev–Trinajstić information content (AvgIpc) is 3.40. The van der Waals surface area contributed by atoms with Crippen molar-refractivity contribution in [3.05, 3.63) is 68.9 Å². The molecule has 6 rings (SSSR count). The highest BCUT2D eigenvalue weighted by Gasteiger charge is 2.57. The Hall–Kier alpha value is -3.48. The van der Waals surface area contributed by atoms with Crippen molar-refractivity contribution in [2.45, 2.75) is 22.7 Å². The van der Waals surface area contributed by atoms with E-state index in [1.54, 1.807) is 54.7 Å². The van der Waals surface area contributed by atoms with Gasteiger partial charge in [-0.05, 0) is 35.9 Å². The fraction of sp³-hybridized carbons (Fsp3) is 0.346. The largest absolute Gasteiger partial charge is 0.497 e. The Morgan fingerprint density at radius 2 is 1.87 bits per heavy atom. The molecular formula is C26H24N4O6S2. The van der Waals surface area contributed by atoms with Gasteiger partial charge in [0, 0.05) is 36.3 Å². The number of nitrogens with zero attached hydrogens (tertiary/aromatic N) is 4. The Labute approximate surface area is 226 Å². The van der Waals surface area contributed by atoms with Gasteiger partial charge in [0.1, 0.15) is 17.5 Å². The summed E-state index contributed by atoms with van der Waals surface area (Å²) >= 11 is 2.23. The van der Waals surface area contributed by atoms with E-state index < -0.39 is 17.1 Å². The molecule has 0 aliphatic carbocycles. The summed E-state index contributed by atoms with van der Waals surface area (Å²) in [5, 5.41) is -0.185. The summed E-state index contributed by atoms with van der Waals surface area (Å²) in [6.45, 7) is 1.74. The predicted octanol–water partition coefficient (Wildman–Crippen LogP) is 1.97. The number of pyridine rings is 1. The summed E-state index contributed by atoms with van der Waals surface area (Å²) < 4.78 is 12.0. The first-order valence-electron chi connectivity index (χ1n) is 12.2. The van der Waals surface area contributed by atoms with E-state index in [0.29, 0.717) is 47.6 Å². The molecule has 0 spiro atoms.